The Balaban J connectivity index is 1.91. The van der Waals surface area contributed by atoms with Crippen LogP contribution >= 0.6 is 0 Å². The summed E-state index contributed by atoms with van der Waals surface area (Å²) < 4.78 is 0. The first-order chi connectivity index (χ1) is 12.7. The monoisotopic (exact) mass is 335 g/mol. The Morgan fingerprint density at radius 1 is 0.538 bits per heavy atom. The topological polar surface area (TPSA) is 12.9 Å². The molecule has 0 spiro atoms. The zero-order chi connectivity index (χ0) is 17.9. The molecule has 0 unspecified atom stereocenters. The van der Waals surface area contributed by atoms with Gasteiger partial charge in [-0.3, -0.25) is 0 Å². The van der Waals surface area contributed by atoms with Crippen molar-refractivity contribution in [2.75, 3.05) is 0 Å². The second-order valence-electron chi connectivity index (χ2n) is 6.62. The van der Waals surface area contributed by atoms with Gasteiger partial charge in [-0.1, -0.05) is 78.9 Å². The highest BCUT2D eigenvalue weighted by Gasteiger charge is 2.11. The van der Waals surface area contributed by atoms with E-state index >= 15 is 0 Å². The van der Waals surface area contributed by atoms with Gasteiger partial charge < -0.3 is 0 Å². The quantitative estimate of drug-likeness (QED) is 0.406. The van der Waals surface area contributed by atoms with Gasteiger partial charge in [0.2, 0.25) is 0 Å². The van der Waals surface area contributed by atoms with E-state index in [1.54, 1.807) is 0 Å². The van der Waals surface area contributed by atoms with Gasteiger partial charge >= 0.3 is 0 Å². The van der Waals surface area contributed by atoms with E-state index in [0.717, 1.165) is 28.1 Å². The van der Waals surface area contributed by atoms with E-state index in [9.17, 15) is 0 Å². The second kappa shape index (κ2) is 6.97. The standard InChI is InChI=1S/C25H21N/c1-18-13-14-22(17-19(18)2)24-16-15-23(20-9-5-3-6-10-20)25(26-24)21-11-7-4-8-12-21/h3-17H,1-2H3. The van der Waals surface area contributed by atoms with Crippen LogP contribution in [0.1, 0.15) is 11.1 Å². The van der Waals surface area contributed by atoms with Crippen LogP contribution in [0.25, 0.3) is 33.6 Å². The maximum absolute atomic E-state index is 5.06. The molecule has 0 saturated carbocycles. The molecular weight excluding hydrogens is 314 g/mol. The lowest BCUT2D eigenvalue weighted by Crippen LogP contribution is -1.93. The van der Waals surface area contributed by atoms with E-state index in [2.05, 4.69) is 92.7 Å². The zero-order valence-corrected chi connectivity index (χ0v) is 15.1. The Bertz CT molecular complexity index is 1030. The van der Waals surface area contributed by atoms with Crippen molar-refractivity contribution in [3.8, 4) is 33.6 Å². The fraction of sp³-hybridized carbons (Fsp3) is 0.0800. The predicted molar refractivity (Wildman–Crippen MR) is 110 cm³/mol. The maximum Gasteiger partial charge on any atom is 0.0787 e. The normalized spacial score (nSPS) is 10.7. The smallest absolute Gasteiger partial charge is 0.0787 e. The molecule has 26 heavy (non-hydrogen) atoms. The number of hydrogen-bond acceptors (Lipinski definition) is 1. The summed E-state index contributed by atoms with van der Waals surface area (Å²) in [7, 11) is 0. The van der Waals surface area contributed by atoms with Crippen molar-refractivity contribution < 1.29 is 0 Å². The van der Waals surface area contributed by atoms with Crippen LogP contribution in [0, 0.1) is 13.8 Å². The number of benzene rings is 3. The molecule has 1 aromatic heterocycles. The highest BCUT2D eigenvalue weighted by Crippen LogP contribution is 2.33. The third kappa shape index (κ3) is 3.16. The molecule has 4 aromatic rings. The minimum atomic E-state index is 1.01. The van der Waals surface area contributed by atoms with Crippen molar-refractivity contribution in [1.29, 1.82) is 0 Å². The van der Waals surface area contributed by atoms with Gasteiger partial charge in [0.1, 0.15) is 0 Å². The van der Waals surface area contributed by atoms with Crippen molar-refractivity contribution in [3.05, 3.63) is 102 Å². The van der Waals surface area contributed by atoms with E-state index in [0.29, 0.717) is 0 Å². The third-order valence-corrected chi connectivity index (χ3v) is 4.83. The van der Waals surface area contributed by atoms with Crippen LogP contribution in [0.4, 0.5) is 0 Å². The fourth-order valence-corrected chi connectivity index (χ4v) is 3.19. The Morgan fingerprint density at radius 2 is 1.19 bits per heavy atom. The van der Waals surface area contributed by atoms with Gasteiger partial charge in [0, 0.05) is 16.7 Å². The van der Waals surface area contributed by atoms with Crippen LogP contribution in [-0.4, -0.2) is 4.98 Å². The molecule has 0 aliphatic rings. The molecule has 4 rings (SSSR count). The van der Waals surface area contributed by atoms with Gasteiger partial charge in [0.25, 0.3) is 0 Å². The summed E-state index contributed by atoms with van der Waals surface area (Å²) in [5, 5.41) is 0. The van der Waals surface area contributed by atoms with Crippen LogP contribution in [0.2, 0.25) is 0 Å². The maximum atomic E-state index is 5.06. The summed E-state index contributed by atoms with van der Waals surface area (Å²) in [6, 6.07) is 31.7. The van der Waals surface area contributed by atoms with E-state index in [-0.39, 0.29) is 0 Å². The molecule has 0 aliphatic heterocycles. The summed E-state index contributed by atoms with van der Waals surface area (Å²) >= 11 is 0. The molecule has 0 aliphatic carbocycles. The summed E-state index contributed by atoms with van der Waals surface area (Å²) in [6.07, 6.45) is 0. The molecule has 0 radical (unpaired) electrons. The zero-order valence-electron chi connectivity index (χ0n) is 15.1. The average Bonchev–Trinajstić information content (AvgIpc) is 2.71. The van der Waals surface area contributed by atoms with Crippen molar-refractivity contribution in [2.24, 2.45) is 0 Å². The van der Waals surface area contributed by atoms with Gasteiger partial charge in [-0.2, -0.15) is 0 Å². The molecular formula is C25H21N. The van der Waals surface area contributed by atoms with Crippen LogP contribution < -0.4 is 0 Å². The Kier molecular flexibility index (Phi) is 4.37. The minimum Gasteiger partial charge on any atom is -0.247 e. The Morgan fingerprint density at radius 3 is 1.85 bits per heavy atom. The van der Waals surface area contributed by atoms with E-state index in [4.69, 9.17) is 4.98 Å². The highest BCUT2D eigenvalue weighted by molar-refractivity contribution is 5.82. The molecule has 0 bridgehead atoms. The molecule has 0 fully saturated rings. The predicted octanol–water partition coefficient (Wildman–Crippen LogP) is 6.70. The van der Waals surface area contributed by atoms with Crippen LogP contribution in [0.5, 0.6) is 0 Å². The molecule has 1 nitrogen and oxygen atoms in total. The lowest BCUT2D eigenvalue weighted by molar-refractivity contribution is 1.29. The number of aryl methyl sites for hydroxylation is 2. The molecule has 1 heterocycles. The molecule has 1 heteroatoms. The highest BCUT2D eigenvalue weighted by atomic mass is 14.7. The summed E-state index contributed by atoms with van der Waals surface area (Å²) in [5.41, 5.74) is 9.26. The first-order valence-electron chi connectivity index (χ1n) is 8.92. The Labute approximate surface area is 155 Å². The van der Waals surface area contributed by atoms with Crippen molar-refractivity contribution in [2.45, 2.75) is 13.8 Å². The molecule has 0 atom stereocenters. The largest absolute Gasteiger partial charge is 0.247 e. The van der Waals surface area contributed by atoms with Gasteiger partial charge in [-0.05, 0) is 42.7 Å². The molecule has 0 N–H and O–H groups in total. The number of nitrogens with zero attached hydrogens (tertiary/aromatic N) is 1. The van der Waals surface area contributed by atoms with Gasteiger partial charge in [0.15, 0.2) is 0 Å². The Hall–Kier alpha value is -3.19. The van der Waals surface area contributed by atoms with Crippen molar-refractivity contribution in [1.82, 2.24) is 4.98 Å². The van der Waals surface area contributed by atoms with Gasteiger partial charge in [-0.25, -0.2) is 4.98 Å². The fourth-order valence-electron chi connectivity index (χ4n) is 3.19. The van der Waals surface area contributed by atoms with Crippen molar-refractivity contribution >= 4 is 0 Å². The van der Waals surface area contributed by atoms with E-state index in [1.807, 2.05) is 12.1 Å². The third-order valence-electron chi connectivity index (χ3n) is 4.83. The summed E-state index contributed by atoms with van der Waals surface area (Å²) in [4.78, 5) is 5.06. The minimum absolute atomic E-state index is 1.01. The van der Waals surface area contributed by atoms with Crippen LogP contribution in [0.15, 0.2) is 91.0 Å². The summed E-state index contributed by atoms with van der Waals surface area (Å²) in [5.74, 6) is 0. The molecule has 0 saturated heterocycles. The first-order valence-corrected chi connectivity index (χ1v) is 8.92. The van der Waals surface area contributed by atoms with E-state index in [1.165, 1.54) is 16.7 Å². The number of aromatic nitrogens is 1. The average molecular weight is 335 g/mol. The van der Waals surface area contributed by atoms with Crippen LogP contribution in [-0.2, 0) is 0 Å². The molecule has 3 aromatic carbocycles. The second-order valence-corrected chi connectivity index (χ2v) is 6.62. The van der Waals surface area contributed by atoms with Gasteiger partial charge in [0.05, 0.1) is 11.4 Å². The van der Waals surface area contributed by atoms with E-state index < -0.39 is 0 Å². The van der Waals surface area contributed by atoms with Gasteiger partial charge in [-0.15, -0.1) is 0 Å². The first kappa shape index (κ1) is 16.3. The number of rotatable bonds is 3. The van der Waals surface area contributed by atoms with Crippen molar-refractivity contribution in [3.63, 3.8) is 0 Å². The molecule has 126 valence electrons. The SMILES string of the molecule is Cc1ccc(-c2ccc(-c3ccccc3)c(-c3ccccc3)n2)cc1C. The summed E-state index contributed by atoms with van der Waals surface area (Å²) in [6.45, 7) is 4.29. The number of hydrogen-bond donors (Lipinski definition) is 0. The lowest BCUT2D eigenvalue weighted by atomic mass is 9.97. The van der Waals surface area contributed by atoms with Crippen LogP contribution in [0.3, 0.4) is 0 Å². The lowest BCUT2D eigenvalue weighted by Gasteiger charge is -2.12. The number of pyridine rings is 1. The molecule has 0 amide bonds.